The van der Waals surface area contributed by atoms with Gasteiger partial charge in [-0.2, -0.15) is 0 Å². The zero-order valence-electron chi connectivity index (χ0n) is 19.2. The van der Waals surface area contributed by atoms with E-state index in [1.807, 2.05) is 42.7 Å². The van der Waals surface area contributed by atoms with Crippen LogP contribution in [0.3, 0.4) is 0 Å². The van der Waals surface area contributed by atoms with Gasteiger partial charge >= 0.3 is 5.97 Å². The number of hydrogen-bond acceptors (Lipinski definition) is 6. The molecule has 1 aliphatic rings. The summed E-state index contributed by atoms with van der Waals surface area (Å²) in [7, 11) is 1.62. The average Bonchev–Trinajstić information content (AvgIpc) is 2.81. The maximum atomic E-state index is 12.6. The van der Waals surface area contributed by atoms with Crippen molar-refractivity contribution in [3.63, 3.8) is 0 Å². The number of benzene rings is 1. The van der Waals surface area contributed by atoms with Gasteiger partial charge in [0.25, 0.3) is 0 Å². The Kier molecular flexibility index (Phi) is 8.59. The van der Waals surface area contributed by atoms with E-state index >= 15 is 0 Å². The maximum Gasteiger partial charge on any atom is 0.347 e. The number of nitrogens with zero attached hydrogens (tertiary/aromatic N) is 1. The first-order chi connectivity index (χ1) is 15.5. The highest BCUT2D eigenvalue weighted by molar-refractivity contribution is 5.75. The van der Waals surface area contributed by atoms with Crippen LogP contribution < -0.4 is 19.6 Å². The maximum absolute atomic E-state index is 12.6. The van der Waals surface area contributed by atoms with E-state index in [4.69, 9.17) is 18.9 Å². The Morgan fingerprint density at radius 1 is 1.09 bits per heavy atom. The molecule has 0 aliphatic heterocycles. The molecule has 1 aromatic carbocycles. The molecule has 32 heavy (non-hydrogen) atoms. The summed E-state index contributed by atoms with van der Waals surface area (Å²) in [6.45, 7) is 4.60. The lowest BCUT2D eigenvalue weighted by atomic mass is 9.98. The summed E-state index contributed by atoms with van der Waals surface area (Å²) in [4.78, 5) is 25.1. The fraction of sp³-hybridized carbons (Fsp3) is 0.520. The smallest absolute Gasteiger partial charge is 0.347 e. The number of methoxy groups -OCH3 is 1. The molecule has 0 spiro atoms. The van der Waals surface area contributed by atoms with E-state index in [0.29, 0.717) is 25.3 Å². The van der Waals surface area contributed by atoms with E-state index in [-0.39, 0.29) is 17.3 Å². The highest BCUT2D eigenvalue weighted by Crippen LogP contribution is 2.22. The lowest BCUT2D eigenvalue weighted by Crippen LogP contribution is -2.34. The van der Waals surface area contributed by atoms with Crippen molar-refractivity contribution in [2.75, 3.05) is 13.7 Å². The van der Waals surface area contributed by atoms with Crippen LogP contribution in [0.4, 0.5) is 0 Å². The number of carbonyl (C=O) groups excluding carboxylic acids is 1. The molecule has 7 nitrogen and oxygen atoms in total. The minimum Gasteiger partial charge on any atom is -0.497 e. The summed E-state index contributed by atoms with van der Waals surface area (Å²) in [5.74, 6) is 1.29. The number of esters is 1. The molecule has 2 aromatic rings. The Balaban J connectivity index is 1.62. The standard InChI is InChI=1S/C25H33NO6/c1-4-23(25(28)31-21-8-6-5-7-9-21)32-24-18(2)26(15-14-22(24)27)16-17-30-20-12-10-19(29-3)11-13-20/h10-15,21,23H,4-9,16-17H2,1-3H3. The highest BCUT2D eigenvalue weighted by atomic mass is 16.6. The molecule has 1 unspecified atom stereocenters. The quantitative estimate of drug-likeness (QED) is 0.510. The van der Waals surface area contributed by atoms with Crippen molar-refractivity contribution in [1.29, 1.82) is 0 Å². The third-order valence-corrected chi connectivity index (χ3v) is 5.78. The summed E-state index contributed by atoms with van der Waals surface area (Å²) >= 11 is 0. The van der Waals surface area contributed by atoms with Crippen LogP contribution in [0, 0.1) is 6.92 Å². The second-order valence-corrected chi connectivity index (χ2v) is 8.02. The molecule has 3 rings (SSSR count). The lowest BCUT2D eigenvalue weighted by Gasteiger charge is -2.25. The topological polar surface area (TPSA) is 76.0 Å². The van der Waals surface area contributed by atoms with Gasteiger partial charge in [-0.1, -0.05) is 13.3 Å². The van der Waals surface area contributed by atoms with E-state index < -0.39 is 12.1 Å². The van der Waals surface area contributed by atoms with Gasteiger partial charge in [0, 0.05) is 12.3 Å². The van der Waals surface area contributed by atoms with Crippen LogP contribution in [0.2, 0.25) is 0 Å². The first kappa shape index (κ1) is 23.7. The van der Waals surface area contributed by atoms with E-state index in [1.165, 1.54) is 12.5 Å². The molecule has 0 radical (unpaired) electrons. The largest absolute Gasteiger partial charge is 0.497 e. The predicted octanol–water partition coefficient (Wildman–Crippen LogP) is 4.28. The molecule has 0 amide bonds. The van der Waals surface area contributed by atoms with E-state index in [0.717, 1.165) is 37.2 Å². The molecule has 0 bridgehead atoms. The minimum absolute atomic E-state index is 0.0440. The van der Waals surface area contributed by atoms with Gasteiger partial charge in [0.15, 0.2) is 11.9 Å². The Bertz CT molecular complexity index is 930. The van der Waals surface area contributed by atoms with Crippen LogP contribution in [0.1, 0.15) is 51.1 Å². The summed E-state index contributed by atoms with van der Waals surface area (Å²) in [5.41, 5.74) is 0.401. The van der Waals surface area contributed by atoms with Crippen molar-refractivity contribution in [2.45, 2.75) is 71.1 Å². The molecule has 1 aromatic heterocycles. The highest BCUT2D eigenvalue weighted by Gasteiger charge is 2.26. The first-order valence-corrected chi connectivity index (χ1v) is 11.4. The Hall–Kier alpha value is -2.96. The number of ether oxygens (including phenoxy) is 4. The van der Waals surface area contributed by atoms with Gasteiger partial charge in [0.05, 0.1) is 19.3 Å². The molecule has 0 N–H and O–H groups in total. The molecule has 1 fully saturated rings. The molecule has 0 saturated heterocycles. The molecule has 1 saturated carbocycles. The Morgan fingerprint density at radius 2 is 1.78 bits per heavy atom. The minimum atomic E-state index is -0.797. The third-order valence-electron chi connectivity index (χ3n) is 5.78. The van der Waals surface area contributed by atoms with Gasteiger partial charge < -0.3 is 23.5 Å². The average molecular weight is 444 g/mol. The van der Waals surface area contributed by atoms with Gasteiger partial charge in [0.2, 0.25) is 5.43 Å². The summed E-state index contributed by atoms with van der Waals surface area (Å²) in [6.07, 6.45) is 6.44. The number of hydrogen-bond donors (Lipinski definition) is 0. The number of aromatic nitrogens is 1. The molecule has 1 atom stereocenters. The van der Waals surface area contributed by atoms with Gasteiger partial charge in [-0.25, -0.2) is 4.79 Å². The first-order valence-electron chi connectivity index (χ1n) is 11.4. The monoisotopic (exact) mass is 443 g/mol. The molecule has 1 heterocycles. The van der Waals surface area contributed by atoms with Crippen LogP contribution in [0.25, 0.3) is 0 Å². The van der Waals surface area contributed by atoms with Crippen molar-refractivity contribution in [2.24, 2.45) is 0 Å². The number of carbonyl (C=O) groups is 1. The van der Waals surface area contributed by atoms with Crippen LogP contribution in [-0.4, -0.2) is 36.5 Å². The second-order valence-electron chi connectivity index (χ2n) is 8.02. The summed E-state index contributed by atoms with van der Waals surface area (Å²) in [5, 5.41) is 0. The fourth-order valence-corrected chi connectivity index (χ4v) is 3.84. The van der Waals surface area contributed by atoms with Crippen LogP contribution in [0.15, 0.2) is 41.3 Å². The van der Waals surface area contributed by atoms with Crippen molar-refractivity contribution >= 4 is 5.97 Å². The second kappa shape index (κ2) is 11.6. The van der Waals surface area contributed by atoms with Crippen LogP contribution >= 0.6 is 0 Å². The number of pyridine rings is 1. The van der Waals surface area contributed by atoms with E-state index in [2.05, 4.69) is 0 Å². The van der Waals surface area contributed by atoms with E-state index in [9.17, 15) is 9.59 Å². The molecular formula is C25H33NO6. The summed E-state index contributed by atoms with van der Waals surface area (Å²) in [6, 6.07) is 8.81. The van der Waals surface area contributed by atoms with Gasteiger partial charge in [0.1, 0.15) is 24.2 Å². The van der Waals surface area contributed by atoms with Crippen molar-refractivity contribution in [3.8, 4) is 17.2 Å². The molecule has 1 aliphatic carbocycles. The zero-order chi connectivity index (χ0) is 22.9. The molecule has 174 valence electrons. The van der Waals surface area contributed by atoms with E-state index in [1.54, 1.807) is 13.3 Å². The normalized spacial score (nSPS) is 15.1. The van der Waals surface area contributed by atoms with Crippen molar-refractivity contribution < 1.29 is 23.7 Å². The van der Waals surface area contributed by atoms with Crippen molar-refractivity contribution in [3.05, 3.63) is 52.4 Å². The Labute approximate surface area is 189 Å². The van der Waals surface area contributed by atoms with Gasteiger partial charge in [-0.3, -0.25) is 4.79 Å². The Morgan fingerprint density at radius 3 is 2.44 bits per heavy atom. The zero-order valence-corrected chi connectivity index (χ0v) is 19.2. The van der Waals surface area contributed by atoms with Gasteiger partial charge in [-0.15, -0.1) is 0 Å². The molecular weight excluding hydrogens is 410 g/mol. The SMILES string of the molecule is CCC(Oc1c(C)n(CCOc2ccc(OC)cc2)ccc1=O)C(=O)OC1CCCCC1. The van der Waals surface area contributed by atoms with Crippen LogP contribution in [0.5, 0.6) is 17.2 Å². The molecule has 7 heteroatoms. The van der Waals surface area contributed by atoms with Crippen molar-refractivity contribution in [1.82, 2.24) is 4.57 Å². The number of rotatable bonds is 10. The third kappa shape index (κ3) is 6.28. The predicted molar refractivity (Wildman–Crippen MR) is 122 cm³/mol. The van der Waals surface area contributed by atoms with Crippen LogP contribution in [-0.2, 0) is 16.1 Å². The van der Waals surface area contributed by atoms with Gasteiger partial charge in [-0.05, 0) is 63.3 Å². The fourth-order valence-electron chi connectivity index (χ4n) is 3.84. The summed E-state index contributed by atoms with van der Waals surface area (Å²) < 4.78 is 24.4. The lowest BCUT2D eigenvalue weighted by molar-refractivity contribution is -0.159.